The predicted molar refractivity (Wildman–Crippen MR) is 70.2 cm³/mol. The second-order valence-electron chi connectivity index (χ2n) is 4.46. The van der Waals surface area contributed by atoms with E-state index in [9.17, 15) is 0 Å². The van der Waals surface area contributed by atoms with Crippen molar-refractivity contribution in [3.8, 4) is 5.75 Å². The Hall–Kier alpha value is -1.24. The third-order valence-corrected chi connectivity index (χ3v) is 2.69. The van der Waals surface area contributed by atoms with Crippen LogP contribution >= 0.6 is 0 Å². The Morgan fingerprint density at radius 1 is 1.38 bits per heavy atom. The molecule has 0 aliphatic heterocycles. The molecular formula is C15H22O. The van der Waals surface area contributed by atoms with Gasteiger partial charge in [0, 0.05) is 0 Å². The van der Waals surface area contributed by atoms with Crippen molar-refractivity contribution in [1.82, 2.24) is 0 Å². The van der Waals surface area contributed by atoms with E-state index in [1.807, 2.05) is 6.08 Å². The smallest absolute Gasteiger partial charge is 0.122 e. The highest BCUT2D eigenvalue weighted by Crippen LogP contribution is 2.24. The van der Waals surface area contributed by atoms with Crippen LogP contribution in [0.1, 0.15) is 43.7 Å². The molecule has 1 nitrogen and oxygen atoms in total. The van der Waals surface area contributed by atoms with Gasteiger partial charge < -0.3 is 4.74 Å². The van der Waals surface area contributed by atoms with Gasteiger partial charge in [0.2, 0.25) is 0 Å². The lowest BCUT2D eigenvalue weighted by molar-refractivity contribution is 0.309. The number of rotatable bonds is 6. The van der Waals surface area contributed by atoms with Crippen LogP contribution in [0, 0.1) is 6.92 Å². The van der Waals surface area contributed by atoms with Crippen LogP contribution in [0.2, 0.25) is 0 Å². The largest absolute Gasteiger partial charge is 0.493 e. The van der Waals surface area contributed by atoms with Gasteiger partial charge >= 0.3 is 0 Å². The lowest BCUT2D eigenvalue weighted by atomic mass is 10.0. The average Bonchev–Trinajstić information content (AvgIpc) is 2.26. The Kier molecular flexibility index (Phi) is 5.10. The minimum absolute atomic E-state index is 0.552. The predicted octanol–water partition coefficient (Wildman–Crippen LogP) is 4.46. The minimum atomic E-state index is 0.552. The first kappa shape index (κ1) is 12.8. The molecule has 1 heteroatoms. The van der Waals surface area contributed by atoms with E-state index in [0.717, 1.165) is 25.2 Å². The maximum atomic E-state index is 5.78. The van der Waals surface area contributed by atoms with Crippen LogP contribution in [0.5, 0.6) is 5.75 Å². The summed E-state index contributed by atoms with van der Waals surface area (Å²) in [5, 5.41) is 0. The van der Waals surface area contributed by atoms with Crippen LogP contribution in [0.3, 0.4) is 0 Å². The van der Waals surface area contributed by atoms with Crippen LogP contribution in [0.4, 0.5) is 0 Å². The van der Waals surface area contributed by atoms with E-state index in [-0.39, 0.29) is 0 Å². The zero-order chi connectivity index (χ0) is 12.0. The van der Waals surface area contributed by atoms with E-state index in [2.05, 4.69) is 45.5 Å². The maximum Gasteiger partial charge on any atom is 0.122 e. The number of ether oxygens (including phenoxy) is 1. The molecule has 0 aliphatic rings. The van der Waals surface area contributed by atoms with Crippen LogP contribution in [-0.4, -0.2) is 6.61 Å². The third-order valence-electron chi connectivity index (χ3n) is 2.69. The summed E-state index contributed by atoms with van der Waals surface area (Å²) in [6.45, 7) is 11.0. The van der Waals surface area contributed by atoms with Crippen molar-refractivity contribution in [1.29, 1.82) is 0 Å². The van der Waals surface area contributed by atoms with Crippen LogP contribution in [0.25, 0.3) is 0 Å². The fourth-order valence-corrected chi connectivity index (χ4v) is 1.54. The third kappa shape index (κ3) is 3.73. The van der Waals surface area contributed by atoms with E-state index in [1.54, 1.807) is 0 Å². The number of unbranched alkanes of at least 4 members (excludes halogenated alkanes) is 1. The SMILES string of the molecule is C=CCCCOc1cc(C(C)C)ccc1C. The first-order valence-corrected chi connectivity index (χ1v) is 5.99. The van der Waals surface area contributed by atoms with E-state index >= 15 is 0 Å². The molecule has 16 heavy (non-hydrogen) atoms. The Bertz CT molecular complexity index is 339. The standard InChI is InChI=1S/C15H22O/c1-5-6-7-10-16-15-11-14(12(2)3)9-8-13(15)4/h5,8-9,11-12H,1,6-7,10H2,2-4H3. The lowest BCUT2D eigenvalue weighted by Crippen LogP contribution is -1.99. The highest BCUT2D eigenvalue weighted by Gasteiger charge is 2.04. The molecule has 0 saturated carbocycles. The number of aryl methyl sites for hydroxylation is 1. The fraction of sp³-hybridized carbons (Fsp3) is 0.467. The molecule has 0 bridgehead atoms. The monoisotopic (exact) mass is 218 g/mol. The molecule has 0 radical (unpaired) electrons. The molecule has 0 amide bonds. The highest BCUT2D eigenvalue weighted by atomic mass is 16.5. The molecule has 0 fully saturated rings. The van der Waals surface area contributed by atoms with E-state index in [0.29, 0.717) is 5.92 Å². The molecule has 0 atom stereocenters. The summed E-state index contributed by atoms with van der Waals surface area (Å²) in [5.74, 6) is 1.58. The van der Waals surface area contributed by atoms with Crippen LogP contribution in [-0.2, 0) is 0 Å². The van der Waals surface area contributed by atoms with Gasteiger partial charge in [-0.2, -0.15) is 0 Å². The number of allylic oxidation sites excluding steroid dienone is 1. The van der Waals surface area contributed by atoms with E-state index < -0.39 is 0 Å². The van der Waals surface area contributed by atoms with Gasteiger partial charge in [0.05, 0.1) is 6.61 Å². The van der Waals surface area contributed by atoms with Gasteiger partial charge in [-0.1, -0.05) is 32.1 Å². The van der Waals surface area contributed by atoms with Crippen molar-refractivity contribution in [3.05, 3.63) is 42.0 Å². The number of benzene rings is 1. The normalized spacial score (nSPS) is 10.5. The van der Waals surface area contributed by atoms with Gasteiger partial charge in [-0.15, -0.1) is 6.58 Å². The van der Waals surface area contributed by atoms with Crippen LogP contribution < -0.4 is 4.74 Å². The summed E-state index contributed by atoms with van der Waals surface area (Å²) in [5.41, 5.74) is 2.55. The maximum absolute atomic E-state index is 5.78. The Morgan fingerprint density at radius 3 is 2.75 bits per heavy atom. The van der Waals surface area contributed by atoms with Crippen molar-refractivity contribution in [3.63, 3.8) is 0 Å². The molecule has 0 aliphatic carbocycles. The van der Waals surface area contributed by atoms with Gasteiger partial charge in [0.1, 0.15) is 5.75 Å². The lowest BCUT2D eigenvalue weighted by Gasteiger charge is -2.12. The van der Waals surface area contributed by atoms with E-state index in [4.69, 9.17) is 4.74 Å². The summed E-state index contributed by atoms with van der Waals surface area (Å²) in [6.07, 6.45) is 3.98. The van der Waals surface area contributed by atoms with Crippen molar-refractivity contribution < 1.29 is 4.74 Å². The molecule has 0 N–H and O–H groups in total. The summed E-state index contributed by atoms with van der Waals surface area (Å²) in [7, 11) is 0. The molecule has 1 aromatic carbocycles. The van der Waals surface area contributed by atoms with E-state index in [1.165, 1.54) is 11.1 Å². The topological polar surface area (TPSA) is 9.23 Å². The zero-order valence-corrected chi connectivity index (χ0v) is 10.6. The molecule has 0 aromatic heterocycles. The first-order valence-electron chi connectivity index (χ1n) is 5.99. The molecule has 88 valence electrons. The summed E-state index contributed by atoms with van der Waals surface area (Å²) in [6, 6.07) is 6.47. The summed E-state index contributed by atoms with van der Waals surface area (Å²) < 4.78 is 5.78. The first-order chi connectivity index (χ1) is 7.65. The fourth-order valence-electron chi connectivity index (χ4n) is 1.54. The van der Waals surface area contributed by atoms with Gasteiger partial charge in [-0.05, 0) is 42.9 Å². The van der Waals surface area contributed by atoms with Crippen molar-refractivity contribution in [2.75, 3.05) is 6.61 Å². The molecule has 0 saturated heterocycles. The van der Waals surface area contributed by atoms with Gasteiger partial charge in [0.25, 0.3) is 0 Å². The Morgan fingerprint density at radius 2 is 2.12 bits per heavy atom. The van der Waals surface area contributed by atoms with Crippen molar-refractivity contribution in [2.45, 2.75) is 39.5 Å². The van der Waals surface area contributed by atoms with Crippen molar-refractivity contribution in [2.24, 2.45) is 0 Å². The molecule has 0 spiro atoms. The average molecular weight is 218 g/mol. The second kappa shape index (κ2) is 6.37. The zero-order valence-electron chi connectivity index (χ0n) is 10.6. The minimum Gasteiger partial charge on any atom is -0.493 e. The van der Waals surface area contributed by atoms with Crippen LogP contribution in [0.15, 0.2) is 30.9 Å². The molecule has 0 heterocycles. The Balaban J connectivity index is 2.63. The van der Waals surface area contributed by atoms with Gasteiger partial charge in [-0.25, -0.2) is 0 Å². The summed E-state index contributed by atoms with van der Waals surface area (Å²) in [4.78, 5) is 0. The molecule has 1 rings (SSSR count). The molecular weight excluding hydrogens is 196 g/mol. The summed E-state index contributed by atoms with van der Waals surface area (Å²) >= 11 is 0. The number of hydrogen-bond donors (Lipinski definition) is 0. The van der Waals surface area contributed by atoms with Gasteiger partial charge in [-0.3, -0.25) is 0 Å². The second-order valence-corrected chi connectivity index (χ2v) is 4.46. The van der Waals surface area contributed by atoms with Crippen molar-refractivity contribution >= 4 is 0 Å². The Labute approximate surface area is 99.1 Å². The molecule has 1 aromatic rings. The molecule has 0 unspecified atom stereocenters. The van der Waals surface area contributed by atoms with Gasteiger partial charge in [0.15, 0.2) is 0 Å². The quantitative estimate of drug-likeness (QED) is 0.506. The highest BCUT2D eigenvalue weighted by molar-refractivity contribution is 5.37. The number of hydrogen-bond acceptors (Lipinski definition) is 1.